The number of ketones is 1. The third-order valence-electron chi connectivity index (χ3n) is 5.86. The van der Waals surface area contributed by atoms with Crippen LogP contribution >= 0.6 is 0 Å². The molecular weight excluding hydrogens is 392 g/mol. The Kier molecular flexibility index (Phi) is 7.06. The number of methoxy groups -OCH3 is 2. The number of Topliss-reactive ketones (excluding diaryl/α,β-unsaturated/α-hetero) is 1. The van der Waals surface area contributed by atoms with Crippen LogP contribution in [0.5, 0.6) is 23.0 Å². The highest BCUT2D eigenvalue weighted by Gasteiger charge is 2.38. The molecule has 0 aliphatic heterocycles. The van der Waals surface area contributed by atoms with Gasteiger partial charge in [-0.25, -0.2) is 0 Å². The number of carbonyl (C=O) groups excluding carboxylic acids is 1. The summed E-state index contributed by atoms with van der Waals surface area (Å²) in [5, 5.41) is 21.3. The van der Waals surface area contributed by atoms with E-state index in [0.29, 0.717) is 6.42 Å². The number of ether oxygens (including phenoxy) is 2. The molecule has 5 heteroatoms. The van der Waals surface area contributed by atoms with Crippen molar-refractivity contribution in [3.05, 3.63) is 71.3 Å². The quantitative estimate of drug-likeness (QED) is 0.447. The second kappa shape index (κ2) is 9.73. The molecule has 5 nitrogen and oxygen atoms in total. The molecular formula is C26H30O5. The van der Waals surface area contributed by atoms with Crippen LogP contribution in [-0.2, 0) is 0 Å². The van der Waals surface area contributed by atoms with Gasteiger partial charge < -0.3 is 19.7 Å². The van der Waals surface area contributed by atoms with E-state index in [4.69, 9.17) is 9.47 Å². The zero-order valence-corrected chi connectivity index (χ0v) is 18.5. The highest BCUT2D eigenvalue weighted by atomic mass is 16.5. The third kappa shape index (κ3) is 4.61. The molecule has 3 atom stereocenters. The fourth-order valence-corrected chi connectivity index (χ4v) is 4.38. The maximum Gasteiger partial charge on any atom is 0.204 e. The van der Waals surface area contributed by atoms with Gasteiger partial charge in [0.15, 0.2) is 17.3 Å². The van der Waals surface area contributed by atoms with Crippen molar-refractivity contribution < 1.29 is 24.5 Å². The van der Waals surface area contributed by atoms with Crippen molar-refractivity contribution in [2.45, 2.75) is 32.6 Å². The summed E-state index contributed by atoms with van der Waals surface area (Å²) < 4.78 is 10.4. The molecule has 0 aromatic heterocycles. The van der Waals surface area contributed by atoms with E-state index < -0.39 is 11.7 Å². The van der Waals surface area contributed by atoms with Crippen molar-refractivity contribution >= 4 is 5.78 Å². The van der Waals surface area contributed by atoms with Crippen LogP contribution < -0.4 is 9.47 Å². The summed E-state index contributed by atoms with van der Waals surface area (Å²) in [5.74, 6) is -1.21. The predicted octanol–water partition coefficient (Wildman–Crippen LogP) is 5.63. The Hall–Kier alpha value is -3.21. The zero-order valence-electron chi connectivity index (χ0n) is 18.5. The highest BCUT2D eigenvalue weighted by molar-refractivity contribution is 6.04. The van der Waals surface area contributed by atoms with Gasteiger partial charge in [-0.15, -0.1) is 0 Å². The van der Waals surface area contributed by atoms with Gasteiger partial charge in [0.25, 0.3) is 0 Å². The fraction of sp³-hybridized carbons (Fsp3) is 0.346. The Morgan fingerprint density at radius 3 is 2.45 bits per heavy atom. The molecule has 0 saturated heterocycles. The van der Waals surface area contributed by atoms with Crippen molar-refractivity contribution in [1.82, 2.24) is 0 Å². The minimum Gasteiger partial charge on any atom is -0.507 e. The van der Waals surface area contributed by atoms with Crippen LogP contribution in [0.25, 0.3) is 0 Å². The lowest BCUT2D eigenvalue weighted by atomic mass is 9.68. The maximum atomic E-state index is 13.7. The Morgan fingerprint density at radius 2 is 1.84 bits per heavy atom. The van der Waals surface area contributed by atoms with E-state index in [1.807, 2.05) is 36.4 Å². The Labute approximate surface area is 183 Å². The number of hydrogen-bond donors (Lipinski definition) is 2. The number of rotatable bonds is 7. The topological polar surface area (TPSA) is 76.0 Å². The first-order chi connectivity index (χ1) is 14.9. The highest BCUT2D eigenvalue weighted by Crippen LogP contribution is 2.48. The van der Waals surface area contributed by atoms with Gasteiger partial charge in [-0.1, -0.05) is 54.1 Å². The summed E-state index contributed by atoms with van der Waals surface area (Å²) in [6.45, 7) is 4.12. The minimum atomic E-state index is -0.433. The van der Waals surface area contributed by atoms with Gasteiger partial charge >= 0.3 is 0 Å². The van der Waals surface area contributed by atoms with Crippen molar-refractivity contribution in [3.8, 4) is 23.0 Å². The summed E-state index contributed by atoms with van der Waals surface area (Å²) in [4.78, 5) is 13.7. The van der Waals surface area contributed by atoms with Crippen molar-refractivity contribution in [3.63, 3.8) is 0 Å². The van der Waals surface area contributed by atoms with Gasteiger partial charge in [0.05, 0.1) is 14.2 Å². The van der Waals surface area contributed by atoms with Crippen molar-refractivity contribution in [2.75, 3.05) is 14.2 Å². The Bertz CT molecular complexity index is 987. The molecule has 2 aromatic rings. The number of allylic oxidation sites excluding steroid dienone is 4. The molecule has 3 rings (SSSR count). The lowest BCUT2D eigenvalue weighted by Crippen LogP contribution is -2.30. The smallest absolute Gasteiger partial charge is 0.204 e. The summed E-state index contributed by atoms with van der Waals surface area (Å²) in [6, 6.07) is 11.3. The molecule has 1 aliphatic carbocycles. The molecule has 0 spiro atoms. The predicted molar refractivity (Wildman–Crippen MR) is 121 cm³/mol. The lowest BCUT2D eigenvalue weighted by molar-refractivity contribution is 0.0874. The number of aromatic hydroxyl groups is 2. The average molecular weight is 423 g/mol. The SMILES string of the molecule is COc1cc(O)c(C(=O)[C@H]2CC=C[C@H](CC=C(C)C)[C@H]2c2ccccc2)c(O)c1OC. The van der Waals surface area contributed by atoms with E-state index in [9.17, 15) is 15.0 Å². The second-order valence-corrected chi connectivity index (χ2v) is 8.11. The van der Waals surface area contributed by atoms with E-state index in [1.54, 1.807) is 0 Å². The summed E-state index contributed by atoms with van der Waals surface area (Å²) in [5.41, 5.74) is 2.17. The minimum absolute atomic E-state index is 0.0346. The normalized spacial score (nSPS) is 20.2. The van der Waals surface area contributed by atoms with Gasteiger partial charge in [0.2, 0.25) is 5.75 Å². The van der Waals surface area contributed by atoms with Gasteiger partial charge in [-0.05, 0) is 38.2 Å². The van der Waals surface area contributed by atoms with Crippen LogP contribution in [0.4, 0.5) is 0 Å². The van der Waals surface area contributed by atoms with Crippen LogP contribution in [0, 0.1) is 11.8 Å². The summed E-state index contributed by atoms with van der Waals surface area (Å²) in [7, 11) is 2.79. The molecule has 0 saturated carbocycles. The Morgan fingerprint density at radius 1 is 1.13 bits per heavy atom. The largest absolute Gasteiger partial charge is 0.507 e. The number of benzene rings is 2. The maximum absolute atomic E-state index is 13.7. The average Bonchev–Trinajstić information content (AvgIpc) is 2.77. The monoisotopic (exact) mass is 422 g/mol. The number of hydrogen-bond acceptors (Lipinski definition) is 5. The molecule has 0 bridgehead atoms. The van der Waals surface area contributed by atoms with E-state index in [0.717, 1.165) is 12.0 Å². The first-order valence-corrected chi connectivity index (χ1v) is 10.4. The van der Waals surface area contributed by atoms with Crippen molar-refractivity contribution in [1.29, 1.82) is 0 Å². The molecule has 0 heterocycles. The molecule has 0 radical (unpaired) electrons. The molecule has 2 aromatic carbocycles. The van der Waals surface area contributed by atoms with Crippen molar-refractivity contribution in [2.24, 2.45) is 11.8 Å². The lowest BCUT2D eigenvalue weighted by Gasteiger charge is -2.34. The Balaban J connectivity index is 2.08. The van der Waals surface area contributed by atoms with Gasteiger partial charge in [-0.2, -0.15) is 0 Å². The van der Waals surface area contributed by atoms with Crippen LogP contribution in [0.15, 0.2) is 60.2 Å². The summed E-state index contributed by atoms with van der Waals surface area (Å²) in [6.07, 6.45) is 7.72. The van der Waals surface area contributed by atoms with E-state index in [2.05, 4.69) is 26.0 Å². The molecule has 2 N–H and O–H groups in total. The molecule has 0 fully saturated rings. The molecule has 0 amide bonds. The molecule has 0 unspecified atom stereocenters. The van der Waals surface area contributed by atoms with Crippen LogP contribution in [0.2, 0.25) is 0 Å². The number of phenols is 2. The van der Waals surface area contributed by atoms with Crippen LogP contribution in [0.1, 0.15) is 48.5 Å². The van der Waals surface area contributed by atoms with E-state index in [1.165, 1.54) is 25.9 Å². The van der Waals surface area contributed by atoms with E-state index in [-0.39, 0.29) is 40.4 Å². The molecule has 1 aliphatic rings. The molecule has 164 valence electrons. The third-order valence-corrected chi connectivity index (χ3v) is 5.86. The summed E-state index contributed by atoms with van der Waals surface area (Å²) >= 11 is 0. The first-order valence-electron chi connectivity index (χ1n) is 10.4. The zero-order chi connectivity index (χ0) is 22.5. The number of phenolic OH excluding ortho intramolecular Hbond substituents is 2. The van der Waals surface area contributed by atoms with Crippen LogP contribution in [0.3, 0.4) is 0 Å². The standard InChI is InChI=1S/C26H30O5/c1-16(2)13-14-18-11-8-12-19(22(18)17-9-6-5-7-10-17)24(28)23-20(27)15-21(30-3)26(31-4)25(23)29/h5-11,13,15,18-19,22,27,29H,12,14H2,1-4H3/t18-,19+,22-/m1/s1. The fourth-order valence-electron chi connectivity index (χ4n) is 4.38. The number of carbonyl (C=O) groups is 1. The first kappa shape index (κ1) is 22.5. The van der Waals surface area contributed by atoms with Gasteiger partial charge in [0, 0.05) is 17.9 Å². The van der Waals surface area contributed by atoms with E-state index >= 15 is 0 Å². The second-order valence-electron chi connectivity index (χ2n) is 8.11. The molecule has 31 heavy (non-hydrogen) atoms. The van der Waals surface area contributed by atoms with Gasteiger partial charge in [-0.3, -0.25) is 4.79 Å². The van der Waals surface area contributed by atoms with Crippen LogP contribution in [-0.4, -0.2) is 30.2 Å². The van der Waals surface area contributed by atoms with Gasteiger partial charge in [0.1, 0.15) is 11.3 Å².